The molecule has 0 bridgehead atoms. The smallest absolute Gasteiger partial charge is 0.284 e. The number of thioether (sulfide) groups is 1. The summed E-state index contributed by atoms with van der Waals surface area (Å²) in [7, 11) is 0. The van der Waals surface area contributed by atoms with Crippen molar-refractivity contribution in [1.82, 2.24) is 10.2 Å². The van der Waals surface area contributed by atoms with Crippen molar-refractivity contribution in [2.24, 2.45) is 0 Å². The van der Waals surface area contributed by atoms with Gasteiger partial charge in [0.1, 0.15) is 0 Å². The number of hydrogen-bond donors (Lipinski definition) is 0. The molecule has 2 aromatic heterocycles. The number of carbonyl (C=O) groups excluding carboxylic acids is 1. The number of aryl methyl sites for hydroxylation is 1. The Kier molecular flexibility index (Phi) is 4.62. The number of benzene rings is 1. The van der Waals surface area contributed by atoms with Crippen molar-refractivity contribution >= 4 is 17.5 Å². The fourth-order valence-corrected chi connectivity index (χ4v) is 2.86. The summed E-state index contributed by atoms with van der Waals surface area (Å²) in [6.45, 7) is 3.92. The van der Waals surface area contributed by atoms with Gasteiger partial charge in [0.15, 0.2) is 11.5 Å². The second-order valence-corrected chi connectivity index (χ2v) is 6.32. The lowest BCUT2D eigenvalue weighted by Gasteiger charge is -2.07. The van der Waals surface area contributed by atoms with Gasteiger partial charge in [-0.2, -0.15) is 0 Å². The van der Waals surface area contributed by atoms with E-state index >= 15 is 0 Å². The van der Waals surface area contributed by atoms with E-state index in [1.54, 1.807) is 18.4 Å². The maximum Gasteiger partial charge on any atom is 0.284 e. The van der Waals surface area contributed by atoms with E-state index in [1.165, 1.54) is 17.3 Å². The van der Waals surface area contributed by atoms with E-state index in [1.807, 2.05) is 31.2 Å². The zero-order valence-corrected chi connectivity index (χ0v) is 13.7. The van der Waals surface area contributed by atoms with Crippen LogP contribution in [0.3, 0.4) is 0 Å². The average molecular weight is 328 g/mol. The minimum atomic E-state index is -0.313. The van der Waals surface area contributed by atoms with Gasteiger partial charge in [-0.05, 0) is 31.0 Å². The number of aromatic nitrogens is 2. The maximum absolute atomic E-state index is 12.5. The summed E-state index contributed by atoms with van der Waals surface area (Å²) < 4.78 is 10.7. The molecule has 0 radical (unpaired) electrons. The van der Waals surface area contributed by atoms with Crippen molar-refractivity contribution in [1.29, 1.82) is 0 Å². The fourth-order valence-electron chi connectivity index (χ4n) is 2.10. The van der Waals surface area contributed by atoms with E-state index in [-0.39, 0.29) is 11.0 Å². The van der Waals surface area contributed by atoms with E-state index in [0.717, 1.165) is 6.42 Å². The Morgan fingerprint density at radius 1 is 1.22 bits per heavy atom. The summed E-state index contributed by atoms with van der Waals surface area (Å²) in [6, 6.07) is 11.2. The summed E-state index contributed by atoms with van der Waals surface area (Å²) in [6.07, 6.45) is 2.49. The van der Waals surface area contributed by atoms with Crippen LogP contribution in [0.15, 0.2) is 56.7 Å². The Morgan fingerprint density at radius 3 is 2.65 bits per heavy atom. The number of furan rings is 1. The van der Waals surface area contributed by atoms with Gasteiger partial charge >= 0.3 is 0 Å². The second-order valence-electron chi connectivity index (χ2n) is 5.03. The van der Waals surface area contributed by atoms with Crippen molar-refractivity contribution < 1.29 is 13.6 Å². The highest BCUT2D eigenvalue weighted by atomic mass is 32.2. The van der Waals surface area contributed by atoms with Gasteiger partial charge in [0.05, 0.1) is 11.5 Å². The van der Waals surface area contributed by atoms with Crippen molar-refractivity contribution in [2.75, 3.05) is 0 Å². The Labute approximate surface area is 138 Å². The lowest BCUT2D eigenvalue weighted by molar-refractivity contribution is 0.0993. The van der Waals surface area contributed by atoms with E-state index in [2.05, 4.69) is 17.1 Å². The van der Waals surface area contributed by atoms with E-state index < -0.39 is 0 Å². The Hall–Kier alpha value is -2.34. The Balaban J connectivity index is 1.68. The van der Waals surface area contributed by atoms with Crippen LogP contribution in [0.5, 0.6) is 0 Å². The predicted octanol–water partition coefficient (Wildman–Crippen LogP) is 4.26. The first-order valence-electron chi connectivity index (χ1n) is 7.34. The highest BCUT2D eigenvalue weighted by Crippen LogP contribution is 2.27. The molecule has 0 fully saturated rings. The first-order chi connectivity index (χ1) is 11.2. The van der Waals surface area contributed by atoms with Gasteiger partial charge in [0, 0.05) is 5.56 Å². The largest absolute Gasteiger partial charge is 0.459 e. The van der Waals surface area contributed by atoms with Crippen LogP contribution in [0.25, 0.3) is 11.7 Å². The topological polar surface area (TPSA) is 69.1 Å². The zero-order valence-electron chi connectivity index (χ0n) is 12.9. The molecule has 5 nitrogen and oxygen atoms in total. The quantitative estimate of drug-likeness (QED) is 0.497. The zero-order chi connectivity index (χ0) is 16.2. The molecule has 1 unspecified atom stereocenters. The number of ketones is 1. The van der Waals surface area contributed by atoms with Crippen LogP contribution in [-0.2, 0) is 6.42 Å². The van der Waals surface area contributed by atoms with E-state index in [4.69, 9.17) is 8.83 Å². The fraction of sp³-hybridized carbons (Fsp3) is 0.235. The molecule has 3 aromatic rings. The Morgan fingerprint density at radius 2 is 2.00 bits per heavy atom. The number of nitrogens with zero attached hydrogens (tertiary/aromatic N) is 2. The van der Waals surface area contributed by atoms with Gasteiger partial charge in [-0.3, -0.25) is 4.79 Å². The van der Waals surface area contributed by atoms with Crippen LogP contribution in [0.4, 0.5) is 0 Å². The molecule has 0 saturated carbocycles. The molecule has 0 amide bonds. The first-order valence-corrected chi connectivity index (χ1v) is 8.22. The van der Waals surface area contributed by atoms with Crippen molar-refractivity contribution in [3.8, 4) is 11.7 Å². The predicted molar refractivity (Wildman–Crippen MR) is 87.5 cm³/mol. The van der Waals surface area contributed by atoms with Gasteiger partial charge in [0.25, 0.3) is 11.1 Å². The number of carbonyl (C=O) groups is 1. The number of rotatable bonds is 6. The van der Waals surface area contributed by atoms with Gasteiger partial charge in [-0.1, -0.05) is 43.0 Å². The number of hydrogen-bond acceptors (Lipinski definition) is 6. The van der Waals surface area contributed by atoms with Crippen LogP contribution >= 0.6 is 11.8 Å². The highest BCUT2D eigenvalue weighted by Gasteiger charge is 2.20. The van der Waals surface area contributed by atoms with Gasteiger partial charge in [-0.15, -0.1) is 10.2 Å². The third-order valence-electron chi connectivity index (χ3n) is 3.43. The average Bonchev–Trinajstić information content (AvgIpc) is 3.25. The third kappa shape index (κ3) is 3.53. The van der Waals surface area contributed by atoms with Crippen LogP contribution in [0.2, 0.25) is 0 Å². The molecule has 0 aliphatic carbocycles. The molecular weight excluding hydrogens is 312 g/mol. The summed E-state index contributed by atoms with van der Waals surface area (Å²) in [5.74, 6) is 0.860. The van der Waals surface area contributed by atoms with Gasteiger partial charge in [-0.25, -0.2) is 0 Å². The molecule has 23 heavy (non-hydrogen) atoms. The molecule has 0 aliphatic heterocycles. The molecule has 1 atom stereocenters. The minimum absolute atomic E-state index is 0.0374. The minimum Gasteiger partial charge on any atom is -0.459 e. The lowest BCUT2D eigenvalue weighted by Crippen LogP contribution is -2.13. The first kappa shape index (κ1) is 15.6. The highest BCUT2D eigenvalue weighted by molar-refractivity contribution is 8.00. The molecular formula is C17H16N2O3S. The van der Waals surface area contributed by atoms with Gasteiger partial charge < -0.3 is 8.83 Å². The summed E-state index contributed by atoms with van der Waals surface area (Å²) in [5.41, 5.74) is 1.90. The molecule has 1 aromatic carbocycles. The molecule has 3 rings (SSSR count). The monoisotopic (exact) mass is 328 g/mol. The lowest BCUT2D eigenvalue weighted by atomic mass is 10.1. The van der Waals surface area contributed by atoms with Crippen molar-refractivity contribution in [2.45, 2.75) is 30.7 Å². The molecule has 118 valence electrons. The summed E-state index contributed by atoms with van der Waals surface area (Å²) in [5, 5.41) is 7.91. The number of Topliss-reactive ketones (excluding diaryl/α,β-unsaturated/α-hetero) is 1. The molecule has 2 heterocycles. The Bertz CT molecular complexity index is 779. The van der Waals surface area contributed by atoms with Crippen molar-refractivity contribution in [3.05, 3.63) is 53.8 Å². The van der Waals surface area contributed by atoms with Gasteiger partial charge in [0.2, 0.25) is 0 Å². The molecule has 0 spiro atoms. The maximum atomic E-state index is 12.5. The third-order valence-corrected chi connectivity index (χ3v) is 4.37. The molecule has 0 saturated heterocycles. The van der Waals surface area contributed by atoms with E-state index in [9.17, 15) is 4.79 Å². The van der Waals surface area contributed by atoms with Crippen LogP contribution in [0.1, 0.15) is 29.8 Å². The molecule has 0 aliphatic rings. The SMILES string of the molecule is CCc1ccc(C(=O)C(C)Sc2nnc(-c3ccco3)o2)cc1. The molecule has 0 N–H and O–H groups in total. The second kappa shape index (κ2) is 6.83. The summed E-state index contributed by atoms with van der Waals surface area (Å²) >= 11 is 1.24. The van der Waals surface area contributed by atoms with Crippen LogP contribution < -0.4 is 0 Å². The van der Waals surface area contributed by atoms with E-state index in [0.29, 0.717) is 22.4 Å². The standard InChI is InChI=1S/C17H16N2O3S/c1-3-12-6-8-13(9-7-12)15(20)11(2)23-17-19-18-16(22-17)14-5-4-10-21-14/h4-11H,3H2,1-2H3. The van der Waals surface area contributed by atoms with Crippen LogP contribution in [0, 0.1) is 0 Å². The van der Waals surface area contributed by atoms with Crippen molar-refractivity contribution in [3.63, 3.8) is 0 Å². The van der Waals surface area contributed by atoms with Crippen LogP contribution in [-0.4, -0.2) is 21.2 Å². The molecule has 6 heteroatoms. The normalized spacial score (nSPS) is 12.3. The summed E-state index contributed by atoms with van der Waals surface area (Å²) in [4.78, 5) is 12.5.